The third-order valence-corrected chi connectivity index (χ3v) is 5.41. The minimum atomic E-state index is -4.72. The van der Waals surface area contributed by atoms with Gasteiger partial charge in [0.2, 0.25) is 10.0 Å². The van der Waals surface area contributed by atoms with Crippen molar-refractivity contribution in [2.24, 2.45) is 5.14 Å². The molecule has 0 spiro atoms. The highest BCUT2D eigenvalue weighted by Crippen LogP contribution is 2.39. The lowest BCUT2D eigenvalue weighted by Crippen LogP contribution is -2.39. The van der Waals surface area contributed by atoms with Crippen LogP contribution in [0, 0.1) is 5.82 Å². The van der Waals surface area contributed by atoms with Gasteiger partial charge in [0.05, 0.1) is 10.5 Å². The number of anilines is 1. The molecule has 1 aliphatic rings. The van der Waals surface area contributed by atoms with E-state index in [0.29, 0.717) is 37.7 Å². The highest BCUT2D eigenvalue weighted by atomic mass is 32.2. The topological polar surface area (TPSA) is 72.6 Å². The smallest absolute Gasteiger partial charge is 0.418 e. The van der Waals surface area contributed by atoms with Crippen LogP contribution in [-0.4, -0.2) is 27.6 Å². The second kappa shape index (κ2) is 7.59. The first-order valence-electron chi connectivity index (χ1n) is 8.45. The highest BCUT2D eigenvalue weighted by Gasteiger charge is 2.37. The molecule has 1 heterocycles. The Kier molecular flexibility index (Phi) is 5.53. The number of sulfonamides is 1. The summed E-state index contributed by atoms with van der Waals surface area (Å²) in [5.74, 6) is 0.109. The van der Waals surface area contributed by atoms with Crippen molar-refractivity contribution in [2.75, 3.05) is 18.0 Å². The van der Waals surface area contributed by atoms with Crippen LogP contribution < -0.4 is 14.8 Å². The summed E-state index contributed by atoms with van der Waals surface area (Å²) in [4.78, 5) is 0.957. The molecule has 0 bridgehead atoms. The zero-order chi connectivity index (χ0) is 20.5. The summed E-state index contributed by atoms with van der Waals surface area (Å²) in [5, 5.41) is 4.95. The van der Waals surface area contributed by atoms with Crippen molar-refractivity contribution in [3.8, 4) is 5.75 Å². The van der Waals surface area contributed by atoms with E-state index in [4.69, 9.17) is 9.88 Å². The molecule has 1 aliphatic heterocycles. The molecule has 10 heteroatoms. The Morgan fingerprint density at radius 3 is 2.18 bits per heavy atom. The zero-order valence-corrected chi connectivity index (χ0v) is 15.4. The number of alkyl halides is 3. The number of hydrogen-bond acceptors (Lipinski definition) is 4. The van der Waals surface area contributed by atoms with E-state index in [1.54, 1.807) is 4.90 Å². The predicted octanol–water partition coefficient (Wildman–Crippen LogP) is 3.54. The molecular formula is C18H18F4N2O3S. The molecule has 0 radical (unpaired) electrons. The van der Waals surface area contributed by atoms with Crippen molar-refractivity contribution in [3.63, 3.8) is 0 Å². The van der Waals surface area contributed by atoms with Crippen molar-refractivity contribution in [1.82, 2.24) is 0 Å². The lowest BCUT2D eigenvalue weighted by molar-refractivity contribution is -0.137. The lowest BCUT2D eigenvalue weighted by Gasteiger charge is -2.35. The Balaban J connectivity index is 1.75. The fraction of sp³-hybridized carbons (Fsp3) is 0.333. The van der Waals surface area contributed by atoms with E-state index in [9.17, 15) is 26.0 Å². The number of hydrogen-bond donors (Lipinski definition) is 1. The molecule has 0 aliphatic carbocycles. The van der Waals surface area contributed by atoms with Crippen molar-refractivity contribution in [1.29, 1.82) is 0 Å². The van der Waals surface area contributed by atoms with Crippen molar-refractivity contribution >= 4 is 15.7 Å². The van der Waals surface area contributed by atoms with Crippen LogP contribution in [-0.2, 0) is 16.2 Å². The molecule has 3 rings (SSSR count). The van der Waals surface area contributed by atoms with Gasteiger partial charge in [-0.1, -0.05) is 0 Å². The molecule has 1 saturated heterocycles. The summed E-state index contributed by atoms with van der Waals surface area (Å²) >= 11 is 0. The number of benzene rings is 2. The predicted molar refractivity (Wildman–Crippen MR) is 95.1 cm³/mol. The van der Waals surface area contributed by atoms with E-state index in [-0.39, 0.29) is 17.6 Å². The summed E-state index contributed by atoms with van der Waals surface area (Å²) in [6.07, 6.45) is -4.01. The van der Waals surface area contributed by atoms with Gasteiger partial charge in [0, 0.05) is 31.6 Å². The molecular weight excluding hydrogens is 400 g/mol. The van der Waals surface area contributed by atoms with Gasteiger partial charge in [-0.05, 0) is 42.5 Å². The van der Waals surface area contributed by atoms with Crippen LogP contribution in [0.4, 0.5) is 23.2 Å². The summed E-state index contributed by atoms with van der Waals surface area (Å²) in [7, 11) is -4.24. The standard InChI is InChI=1S/C18H18F4N2O3S/c19-12-1-3-13(4-2-12)27-14-7-9-24(10-8-14)17-6-5-15(28(23,25)26)11-16(17)18(20,21)22/h1-6,11,14H,7-10H2,(H2,23,25,26). The fourth-order valence-electron chi connectivity index (χ4n) is 3.12. The van der Waals surface area contributed by atoms with E-state index in [0.717, 1.165) is 12.1 Å². The van der Waals surface area contributed by atoms with Crippen LogP contribution in [0.15, 0.2) is 47.4 Å². The van der Waals surface area contributed by atoms with E-state index in [1.807, 2.05) is 0 Å². The molecule has 28 heavy (non-hydrogen) atoms. The van der Waals surface area contributed by atoms with Gasteiger partial charge >= 0.3 is 6.18 Å². The van der Waals surface area contributed by atoms with Crippen molar-refractivity contribution in [2.45, 2.75) is 30.0 Å². The van der Waals surface area contributed by atoms with Gasteiger partial charge in [-0.3, -0.25) is 0 Å². The molecule has 1 fully saturated rings. The molecule has 0 atom stereocenters. The van der Waals surface area contributed by atoms with Crippen LogP contribution in [0.1, 0.15) is 18.4 Å². The van der Waals surface area contributed by atoms with Crippen LogP contribution in [0.3, 0.4) is 0 Å². The van der Waals surface area contributed by atoms with E-state index >= 15 is 0 Å². The maximum atomic E-state index is 13.5. The number of halogens is 4. The number of nitrogens with zero attached hydrogens (tertiary/aromatic N) is 1. The molecule has 0 unspecified atom stereocenters. The first-order chi connectivity index (χ1) is 13.0. The average molecular weight is 418 g/mol. The molecule has 152 valence electrons. The highest BCUT2D eigenvalue weighted by molar-refractivity contribution is 7.89. The molecule has 2 N–H and O–H groups in total. The Hall–Kier alpha value is -2.33. The van der Waals surface area contributed by atoms with Gasteiger partial charge in [-0.25, -0.2) is 17.9 Å². The molecule has 0 aromatic heterocycles. The Bertz CT molecular complexity index is 938. The van der Waals surface area contributed by atoms with Gasteiger partial charge in [-0.15, -0.1) is 0 Å². The summed E-state index contributed by atoms with van der Waals surface area (Å²) in [5.41, 5.74) is -1.14. The third-order valence-electron chi connectivity index (χ3n) is 4.50. The summed E-state index contributed by atoms with van der Waals surface area (Å²) < 4.78 is 81.8. The Morgan fingerprint density at radius 2 is 1.64 bits per heavy atom. The normalized spacial score (nSPS) is 16.2. The van der Waals surface area contributed by atoms with Crippen LogP contribution >= 0.6 is 0 Å². The van der Waals surface area contributed by atoms with Gasteiger partial charge in [-0.2, -0.15) is 13.2 Å². The molecule has 2 aromatic carbocycles. The fourth-order valence-corrected chi connectivity index (χ4v) is 3.65. The second-order valence-electron chi connectivity index (χ2n) is 6.48. The lowest BCUT2D eigenvalue weighted by atomic mass is 10.0. The van der Waals surface area contributed by atoms with Gasteiger partial charge in [0.1, 0.15) is 17.7 Å². The number of primary sulfonamides is 1. The minimum absolute atomic E-state index is 0.0971. The molecule has 0 saturated carbocycles. The van der Waals surface area contributed by atoms with E-state index in [1.165, 1.54) is 24.3 Å². The molecule has 5 nitrogen and oxygen atoms in total. The number of piperidine rings is 1. The quantitative estimate of drug-likeness (QED) is 0.771. The van der Waals surface area contributed by atoms with Crippen molar-refractivity contribution in [3.05, 3.63) is 53.8 Å². The maximum absolute atomic E-state index is 13.5. The Labute approximate surface area is 159 Å². The van der Waals surface area contributed by atoms with Gasteiger partial charge in [0.25, 0.3) is 0 Å². The second-order valence-corrected chi connectivity index (χ2v) is 8.04. The van der Waals surface area contributed by atoms with Gasteiger partial charge < -0.3 is 9.64 Å². The van der Waals surface area contributed by atoms with Crippen LogP contribution in [0.25, 0.3) is 0 Å². The van der Waals surface area contributed by atoms with E-state index < -0.39 is 26.7 Å². The van der Waals surface area contributed by atoms with Crippen molar-refractivity contribution < 1.29 is 30.7 Å². The number of rotatable bonds is 4. The average Bonchev–Trinajstić information content (AvgIpc) is 2.62. The zero-order valence-electron chi connectivity index (χ0n) is 14.6. The minimum Gasteiger partial charge on any atom is -0.490 e. The molecule has 0 amide bonds. The number of nitrogens with two attached hydrogens (primary N) is 1. The van der Waals surface area contributed by atoms with Crippen LogP contribution in [0.2, 0.25) is 0 Å². The van der Waals surface area contributed by atoms with Gasteiger partial charge in [0.15, 0.2) is 0 Å². The summed E-state index contributed by atoms with van der Waals surface area (Å²) in [6, 6.07) is 8.29. The first-order valence-corrected chi connectivity index (χ1v) is 10.00. The Morgan fingerprint density at radius 1 is 1.04 bits per heavy atom. The third kappa shape index (κ3) is 4.74. The number of ether oxygens (including phenoxy) is 1. The SMILES string of the molecule is NS(=O)(=O)c1ccc(N2CCC(Oc3ccc(F)cc3)CC2)c(C(F)(F)F)c1. The molecule has 2 aromatic rings. The largest absolute Gasteiger partial charge is 0.490 e. The summed E-state index contributed by atoms with van der Waals surface area (Å²) in [6.45, 7) is 0.591. The first kappa shape index (κ1) is 20.4. The monoisotopic (exact) mass is 418 g/mol. The maximum Gasteiger partial charge on any atom is 0.418 e. The van der Waals surface area contributed by atoms with E-state index in [2.05, 4.69) is 0 Å². The van der Waals surface area contributed by atoms with Crippen LogP contribution in [0.5, 0.6) is 5.75 Å².